The van der Waals surface area contributed by atoms with Crippen molar-refractivity contribution in [2.45, 2.75) is 58.5 Å². The molecule has 1 fully saturated rings. The minimum absolute atomic E-state index is 0.0798. The van der Waals surface area contributed by atoms with Crippen LogP contribution >= 0.6 is 0 Å². The summed E-state index contributed by atoms with van der Waals surface area (Å²) in [6.07, 6.45) is 3.13. The first-order valence-corrected chi connectivity index (χ1v) is 13.9. The Bertz CT molecular complexity index is 1200. The van der Waals surface area contributed by atoms with Gasteiger partial charge in [-0.2, -0.15) is 0 Å². The number of alkyl carbamates (subject to hydrolysis) is 1. The highest BCUT2D eigenvalue weighted by atomic mass is 16.6. The lowest BCUT2D eigenvalue weighted by Gasteiger charge is -2.26. The summed E-state index contributed by atoms with van der Waals surface area (Å²) in [5, 5.41) is 8.68. The third-order valence-corrected chi connectivity index (χ3v) is 6.83. The Morgan fingerprint density at radius 1 is 1.12 bits per heavy atom. The second-order valence-electron chi connectivity index (χ2n) is 10.1. The van der Waals surface area contributed by atoms with Gasteiger partial charge in [0.2, 0.25) is 0 Å². The Labute approximate surface area is 247 Å². The van der Waals surface area contributed by atoms with Crippen molar-refractivity contribution in [3.05, 3.63) is 71.5 Å². The Morgan fingerprint density at radius 2 is 1.90 bits per heavy atom. The Kier molecular flexibility index (Phi) is 13.0. The number of allylic oxidation sites excluding steroid dienone is 1. The molecule has 0 bridgehead atoms. The lowest BCUT2D eigenvalue weighted by molar-refractivity contribution is 0.0828. The van der Waals surface area contributed by atoms with E-state index in [2.05, 4.69) is 20.9 Å². The zero-order valence-electron chi connectivity index (χ0n) is 24.9. The topological polar surface area (TPSA) is 129 Å². The van der Waals surface area contributed by atoms with Gasteiger partial charge in [0.1, 0.15) is 18.5 Å². The number of carbonyl (C=O) groups is 2. The molecule has 3 N–H and O–H groups in total. The second kappa shape index (κ2) is 16.9. The largest absolute Gasteiger partial charge is 0.502 e. The molecule has 228 valence electrons. The lowest BCUT2D eigenvalue weighted by atomic mass is 9.94. The van der Waals surface area contributed by atoms with E-state index >= 15 is 0 Å². The number of ether oxygens (including phenoxy) is 5. The first-order chi connectivity index (χ1) is 20.3. The number of carbonyl (C=O) groups excluding carboxylic acids is 2. The van der Waals surface area contributed by atoms with E-state index < -0.39 is 12.1 Å². The number of urea groups is 1. The molecule has 42 heavy (non-hydrogen) atoms. The predicted octanol–water partition coefficient (Wildman–Crippen LogP) is 5.02. The minimum atomic E-state index is -0.532. The summed E-state index contributed by atoms with van der Waals surface area (Å²) in [4.78, 5) is 29.9. The molecule has 0 aliphatic carbocycles. The molecule has 1 heterocycles. The number of rotatable bonds is 14. The number of anilines is 1. The molecule has 4 atom stereocenters. The summed E-state index contributed by atoms with van der Waals surface area (Å²) in [6, 6.07) is 14.1. The van der Waals surface area contributed by atoms with Gasteiger partial charge in [-0.25, -0.2) is 9.59 Å². The van der Waals surface area contributed by atoms with E-state index in [1.54, 1.807) is 19.2 Å². The molecule has 0 radical (unpaired) electrons. The molecule has 2 aromatic carbocycles. The van der Waals surface area contributed by atoms with Gasteiger partial charge in [-0.15, -0.1) is 0 Å². The maximum absolute atomic E-state index is 13.2. The summed E-state index contributed by atoms with van der Waals surface area (Å²) in [7, 11) is 3.11. The smallest absolute Gasteiger partial charge is 0.407 e. The molecule has 0 saturated carbocycles. The number of nitrogens with zero attached hydrogens (tertiary/aromatic N) is 1. The molecule has 3 amide bonds. The Balaban J connectivity index is 1.74. The molecule has 1 unspecified atom stereocenters. The number of hydrogen-bond donors (Lipinski definition) is 3. The fourth-order valence-electron chi connectivity index (χ4n) is 4.19. The van der Waals surface area contributed by atoms with Crippen molar-refractivity contribution in [2.24, 2.45) is 10.9 Å². The van der Waals surface area contributed by atoms with Gasteiger partial charge in [0.15, 0.2) is 6.40 Å². The third kappa shape index (κ3) is 11.0. The number of aliphatic imine (C=N–C) groups is 1. The number of nitrogens with one attached hydrogen (secondary N) is 3. The van der Waals surface area contributed by atoms with Crippen LogP contribution in [0.15, 0.2) is 65.4 Å². The zero-order valence-corrected chi connectivity index (χ0v) is 24.9. The highest BCUT2D eigenvalue weighted by Crippen LogP contribution is 2.23. The number of hydrogen-bond acceptors (Lipinski definition) is 8. The Hall–Kier alpha value is -4.25. The molecule has 1 aliphatic rings. The maximum Gasteiger partial charge on any atom is 0.407 e. The first kappa shape index (κ1) is 32.3. The number of benzene rings is 2. The summed E-state index contributed by atoms with van der Waals surface area (Å²) in [5.41, 5.74) is 2.22. The first-order valence-electron chi connectivity index (χ1n) is 13.9. The van der Waals surface area contributed by atoms with Gasteiger partial charge in [0, 0.05) is 30.6 Å². The van der Waals surface area contributed by atoms with E-state index in [0.717, 1.165) is 11.1 Å². The van der Waals surface area contributed by atoms with E-state index in [4.69, 9.17) is 23.7 Å². The third-order valence-electron chi connectivity index (χ3n) is 6.83. The molecule has 0 spiro atoms. The highest BCUT2D eigenvalue weighted by molar-refractivity contribution is 5.90. The average molecular weight is 583 g/mol. The van der Waals surface area contributed by atoms with Gasteiger partial charge < -0.3 is 39.6 Å². The van der Waals surface area contributed by atoms with Crippen molar-refractivity contribution in [2.75, 3.05) is 32.8 Å². The van der Waals surface area contributed by atoms with Crippen LogP contribution < -0.4 is 20.7 Å². The minimum Gasteiger partial charge on any atom is -0.502 e. The van der Waals surface area contributed by atoms with Crippen molar-refractivity contribution >= 4 is 24.2 Å². The van der Waals surface area contributed by atoms with Crippen molar-refractivity contribution in [3.63, 3.8) is 0 Å². The standard InChI is InChI=1S/C31H42N4O7/c1-21(39-5)13-29(22(2)23(3)33-20-38-4)35-30(36)34-26-14-25(17-32-31(37)42-27-11-12-40-19-27)15-28(16-26)41-18-24-9-7-6-8-10-24/h6-10,13-16,20,22-23,27,29H,11-12,17-19H2,1-5H3,(H,32,37)(H2,34,35,36)/b21-13+,33-20?/t22-,23-,27-,29?/m0/s1. The van der Waals surface area contributed by atoms with Crippen LogP contribution in [0.2, 0.25) is 0 Å². The molecule has 1 aliphatic heterocycles. The summed E-state index contributed by atoms with van der Waals surface area (Å²) in [5.74, 6) is 1.12. The summed E-state index contributed by atoms with van der Waals surface area (Å²) in [6.45, 7) is 7.25. The van der Waals surface area contributed by atoms with Crippen LogP contribution in [0.5, 0.6) is 5.75 Å². The van der Waals surface area contributed by atoms with E-state index in [9.17, 15) is 9.59 Å². The number of methoxy groups -OCH3 is 2. The van der Waals surface area contributed by atoms with Gasteiger partial charge >= 0.3 is 12.1 Å². The molecule has 0 aromatic heterocycles. The van der Waals surface area contributed by atoms with Crippen molar-refractivity contribution in [3.8, 4) is 5.75 Å². The van der Waals surface area contributed by atoms with Crippen LogP contribution in [0.25, 0.3) is 0 Å². The zero-order chi connectivity index (χ0) is 30.3. The van der Waals surface area contributed by atoms with Gasteiger partial charge in [-0.1, -0.05) is 37.3 Å². The lowest BCUT2D eigenvalue weighted by Crippen LogP contribution is -2.43. The van der Waals surface area contributed by atoms with Crippen molar-refractivity contribution in [1.29, 1.82) is 0 Å². The molecule has 11 heteroatoms. The van der Waals surface area contributed by atoms with E-state index in [0.29, 0.717) is 43.4 Å². The molecule has 2 aromatic rings. The van der Waals surface area contributed by atoms with Gasteiger partial charge in [-0.05, 0) is 43.2 Å². The highest BCUT2D eigenvalue weighted by Gasteiger charge is 2.24. The quantitative estimate of drug-likeness (QED) is 0.162. The van der Waals surface area contributed by atoms with Crippen LogP contribution in [0.4, 0.5) is 15.3 Å². The van der Waals surface area contributed by atoms with Crippen LogP contribution in [0, 0.1) is 5.92 Å². The van der Waals surface area contributed by atoms with Crippen LogP contribution in [0.1, 0.15) is 38.3 Å². The van der Waals surface area contributed by atoms with Crippen LogP contribution in [-0.4, -0.2) is 64.1 Å². The van der Waals surface area contributed by atoms with E-state index in [-0.39, 0.29) is 30.7 Å². The SMILES string of the molecule is COC=N[C@@H](C)[C@H](C)C(/C=C(\C)OC)NC(=O)Nc1cc(CNC(=O)O[C@H]2CCOC2)cc(OCc2ccccc2)c1. The molecule has 3 rings (SSSR count). The summed E-state index contributed by atoms with van der Waals surface area (Å²) >= 11 is 0. The average Bonchev–Trinajstić information content (AvgIpc) is 3.50. The monoisotopic (exact) mass is 582 g/mol. The molecular weight excluding hydrogens is 540 g/mol. The maximum atomic E-state index is 13.2. The molecule has 1 saturated heterocycles. The fourth-order valence-corrected chi connectivity index (χ4v) is 4.19. The van der Waals surface area contributed by atoms with Crippen LogP contribution in [0.3, 0.4) is 0 Å². The molecular formula is C31H42N4O7. The van der Waals surface area contributed by atoms with Crippen LogP contribution in [-0.2, 0) is 32.1 Å². The predicted molar refractivity (Wildman–Crippen MR) is 161 cm³/mol. The van der Waals surface area contributed by atoms with E-state index in [1.807, 2.05) is 63.2 Å². The number of amides is 3. The molecule has 11 nitrogen and oxygen atoms in total. The van der Waals surface area contributed by atoms with E-state index in [1.165, 1.54) is 13.5 Å². The van der Waals surface area contributed by atoms with Gasteiger partial charge in [-0.3, -0.25) is 4.99 Å². The van der Waals surface area contributed by atoms with Crippen molar-refractivity contribution < 1.29 is 33.3 Å². The fraction of sp³-hybridized carbons (Fsp3) is 0.452. The van der Waals surface area contributed by atoms with Gasteiger partial charge in [0.05, 0.1) is 45.3 Å². The summed E-state index contributed by atoms with van der Waals surface area (Å²) < 4.78 is 27.0. The second-order valence-corrected chi connectivity index (χ2v) is 10.1. The Morgan fingerprint density at radius 3 is 2.60 bits per heavy atom. The normalized spacial score (nSPS) is 17.2. The van der Waals surface area contributed by atoms with Gasteiger partial charge in [0.25, 0.3) is 0 Å². The van der Waals surface area contributed by atoms with Crippen molar-refractivity contribution in [1.82, 2.24) is 10.6 Å².